The van der Waals surface area contributed by atoms with Gasteiger partial charge in [-0.15, -0.1) is 11.3 Å². The largest absolute Gasteiger partial charge is 0.364 e. The molecule has 9 nitrogen and oxygen atoms in total. The van der Waals surface area contributed by atoms with Gasteiger partial charge in [0, 0.05) is 24.0 Å². The molecule has 0 aromatic carbocycles. The van der Waals surface area contributed by atoms with Crippen molar-refractivity contribution in [3.63, 3.8) is 0 Å². The molecule has 0 bridgehead atoms. The number of nitrogens with two attached hydrogens (primary N) is 1. The van der Waals surface area contributed by atoms with Crippen LogP contribution in [0, 0.1) is 6.92 Å². The number of piperidine rings is 1. The Morgan fingerprint density at radius 1 is 1.16 bits per heavy atom. The normalized spacial score (nSPS) is 14.5. The summed E-state index contributed by atoms with van der Waals surface area (Å²) in [6, 6.07) is 3.59. The molecule has 0 saturated carbocycles. The van der Waals surface area contributed by atoms with Gasteiger partial charge in [-0.3, -0.25) is 18.7 Å². The van der Waals surface area contributed by atoms with Crippen molar-refractivity contribution >= 4 is 34.3 Å². The van der Waals surface area contributed by atoms with Crippen LogP contribution in [0.4, 0.5) is 0 Å². The van der Waals surface area contributed by atoms with Gasteiger partial charge in [0.1, 0.15) is 12.1 Å². The van der Waals surface area contributed by atoms with Gasteiger partial charge < -0.3 is 10.6 Å². The summed E-state index contributed by atoms with van der Waals surface area (Å²) < 4.78 is 2.80. The monoisotopic (exact) mass is 442 g/mol. The molecular weight excluding hydrogens is 416 g/mol. The highest BCUT2D eigenvalue weighted by molar-refractivity contribution is 7.15. The number of nitrogens with zero attached hydrogens (tertiary/aromatic N) is 5. The number of primary amides is 1. The Morgan fingerprint density at radius 2 is 1.87 bits per heavy atom. The van der Waals surface area contributed by atoms with Crippen LogP contribution >= 0.6 is 11.3 Å². The number of rotatable bonds is 5. The number of hydrogen-bond acceptors (Lipinski definition) is 6. The van der Waals surface area contributed by atoms with Crippen LogP contribution in [0.3, 0.4) is 0 Å². The van der Waals surface area contributed by atoms with Crippen LogP contribution in [-0.4, -0.2) is 48.9 Å². The maximum atomic E-state index is 13.3. The summed E-state index contributed by atoms with van der Waals surface area (Å²) in [6.45, 7) is 6.87. The van der Waals surface area contributed by atoms with E-state index in [1.54, 1.807) is 4.90 Å². The molecule has 4 rings (SSSR count). The van der Waals surface area contributed by atoms with Crippen LogP contribution in [0.2, 0.25) is 0 Å². The highest BCUT2D eigenvalue weighted by atomic mass is 32.1. The van der Waals surface area contributed by atoms with Gasteiger partial charge in [-0.25, -0.2) is 14.8 Å². The van der Waals surface area contributed by atoms with Gasteiger partial charge in [0.2, 0.25) is 5.91 Å². The second-order valence-corrected chi connectivity index (χ2v) is 9.40. The van der Waals surface area contributed by atoms with E-state index in [9.17, 15) is 14.4 Å². The van der Waals surface area contributed by atoms with Crippen LogP contribution < -0.4 is 11.4 Å². The lowest BCUT2D eigenvalue weighted by Crippen LogP contribution is -2.40. The molecule has 0 unspecified atom stereocenters. The third-order valence-corrected chi connectivity index (χ3v) is 6.51. The first kappa shape index (κ1) is 21.2. The zero-order valence-electron chi connectivity index (χ0n) is 17.9. The molecule has 0 aliphatic carbocycles. The summed E-state index contributed by atoms with van der Waals surface area (Å²) >= 11 is 1.49. The van der Waals surface area contributed by atoms with Crippen molar-refractivity contribution in [2.75, 3.05) is 13.1 Å². The second-order valence-electron chi connectivity index (χ2n) is 8.12. The smallest absolute Gasteiger partial charge is 0.331 e. The number of fused-ring (bicyclic) bond motifs is 1. The molecule has 4 heterocycles. The van der Waals surface area contributed by atoms with Gasteiger partial charge in [0.15, 0.2) is 17.2 Å². The number of carbonyl (C=O) groups excluding carboxylic acids is 2. The van der Waals surface area contributed by atoms with E-state index in [4.69, 9.17) is 5.73 Å². The summed E-state index contributed by atoms with van der Waals surface area (Å²) in [4.78, 5) is 51.2. The van der Waals surface area contributed by atoms with Gasteiger partial charge in [0.25, 0.3) is 5.91 Å². The molecule has 3 aromatic heterocycles. The SMILES string of the molecule is Cc1ccc(-c2nc(C(N)=O)c3c(n2)n(C(C)C)c(=O)n3CC(=O)N2CCCCC2)s1. The minimum Gasteiger partial charge on any atom is -0.364 e. The first-order valence-corrected chi connectivity index (χ1v) is 11.3. The van der Waals surface area contributed by atoms with Crippen molar-refractivity contribution in [1.82, 2.24) is 24.0 Å². The van der Waals surface area contributed by atoms with E-state index in [2.05, 4.69) is 9.97 Å². The number of amides is 2. The number of aromatic nitrogens is 4. The third-order valence-electron chi connectivity index (χ3n) is 5.51. The van der Waals surface area contributed by atoms with E-state index >= 15 is 0 Å². The lowest BCUT2D eigenvalue weighted by molar-refractivity contribution is -0.132. The number of carbonyl (C=O) groups is 2. The number of thiophene rings is 1. The topological polar surface area (TPSA) is 116 Å². The van der Waals surface area contributed by atoms with E-state index in [0.717, 1.165) is 29.0 Å². The number of likely N-dealkylation sites (tertiary alicyclic amines) is 1. The maximum absolute atomic E-state index is 13.3. The lowest BCUT2D eigenvalue weighted by Gasteiger charge is -2.26. The summed E-state index contributed by atoms with van der Waals surface area (Å²) in [5, 5.41) is 0. The summed E-state index contributed by atoms with van der Waals surface area (Å²) in [6.07, 6.45) is 3.00. The van der Waals surface area contributed by atoms with Gasteiger partial charge >= 0.3 is 5.69 Å². The molecular formula is C21H26N6O3S. The fourth-order valence-corrected chi connectivity index (χ4v) is 4.80. The van der Waals surface area contributed by atoms with E-state index < -0.39 is 11.6 Å². The molecule has 0 atom stereocenters. The average Bonchev–Trinajstić information content (AvgIpc) is 3.29. The first-order valence-electron chi connectivity index (χ1n) is 10.4. The minimum absolute atomic E-state index is 0.0472. The van der Waals surface area contributed by atoms with Crippen LogP contribution in [0.1, 0.15) is 54.5 Å². The van der Waals surface area contributed by atoms with Crippen LogP contribution in [-0.2, 0) is 11.3 Å². The van der Waals surface area contributed by atoms with Crippen molar-refractivity contribution in [3.05, 3.63) is 33.2 Å². The quantitative estimate of drug-likeness (QED) is 0.651. The Hall–Kier alpha value is -3.01. The van der Waals surface area contributed by atoms with Crippen molar-refractivity contribution in [3.8, 4) is 10.7 Å². The van der Waals surface area contributed by atoms with Crippen molar-refractivity contribution in [2.24, 2.45) is 5.73 Å². The Kier molecular flexibility index (Phi) is 5.65. The molecule has 1 aliphatic rings. The standard InChI is InChI=1S/C21H26N6O3S/c1-12(2)27-20-17(26(21(27)30)11-15(28)25-9-5-4-6-10-25)16(18(22)29)23-19(24-20)14-8-7-13(3)31-14/h7-8,12H,4-6,9-11H2,1-3H3,(H2,22,29). The molecule has 3 aromatic rings. The van der Waals surface area contributed by atoms with Crippen molar-refractivity contribution in [2.45, 2.75) is 52.6 Å². The number of hydrogen-bond donors (Lipinski definition) is 1. The molecule has 164 valence electrons. The van der Waals surface area contributed by atoms with Crippen LogP contribution in [0.15, 0.2) is 16.9 Å². The maximum Gasteiger partial charge on any atom is 0.331 e. The molecule has 31 heavy (non-hydrogen) atoms. The number of aryl methyl sites for hydroxylation is 1. The van der Waals surface area contributed by atoms with Gasteiger partial charge in [-0.2, -0.15) is 0 Å². The molecule has 2 N–H and O–H groups in total. The van der Waals surface area contributed by atoms with Crippen LogP contribution in [0.5, 0.6) is 0 Å². The second kappa shape index (κ2) is 8.26. The lowest BCUT2D eigenvalue weighted by atomic mass is 10.1. The Bertz CT molecular complexity index is 1220. The molecule has 0 spiro atoms. The summed E-state index contributed by atoms with van der Waals surface area (Å²) in [7, 11) is 0. The van der Waals surface area contributed by atoms with E-state index in [1.807, 2.05) is 32.9 Å². The zero-order chi connectivity index (χ0) is 22.3. The van der Waals surface area contributed by atoms with Gasteiger partial charge in [-0.1, -0.05) is 0 Å². The predicted octanol–water partition coefficient (Wildman–Crippen LogP) is 2.32. The molecule has 1 fully saturated rings. The van der Waals surface area contributed by atoms with Gasteiger partial charge in [-0.05, 0) is 52.2 Å². The Balaban J connectivity index is 1.92. The van der Waals surface area contributed by atoms with Crippen molar-refractivity contribution in [1.29, 1.82) is 0 Å². The Morgan fingerprint density at radius 3 is 2.45 bits per heavy atom. The zero-order valence-corrected chi connectivity index (χ0v) is 18.7. The molecule has 1 aliphatic heterocycles. The highest BCUT2D eigenvalue weighted by Crippen LogP contribution is 2.28. The highest BCUT2D eigenvalue weighted by Gasteiger charge is 2.27. The fraction of sp³-hybridized carbons (Fsp3) is 0.476. The summed E-state index contributed by atoms with van der Waals surface area (Å²) in [5.74, 6) is -0.576. The van der Waals surface area contributed by atoms with E-state index in [-0.39, 0.29) is 29.7 Å². The molecule has 1 saturated heterocycles. The van der Waals surface area contributed by atoms with Gasteiger partial charge in [0.05, 0.1) is 4.88 Å². The molecule has 10 heteroatoms. The molecule has 0 radical (unpaired) electrons. The van der Waals surface area contributed by atoms with Crippen molar-refractivity contribution < 1.29 is 9.59 Å². The fourth-order valence-electron chi connectivity index (χ4n) is 4.00. The van der Waals surface area contributed by atoms with Crippen LogP contribution in [0.25, 0.3) is 21.9 Å². The van der Waals surface area contributed by atoms with E-state index in [0.29, 0.717) is 24.6 Å². The molecule has 2 amide bonds. The first-order chi connectivity index (χ1) is 14.8. The average molecular weight is 443 g/mol. The Labute approximate surface area is 183 Å². The number of imidazole rings is 1. The third kappa shape index (κ3) is 3.87. The van der Waals surface area contributed by atoms with E-state index in [1.165, 1.54) is 20.5 Å². The minimum atomic E-state index is -0.762. The predicted molar refractivity (Wildman–Crippen MR) is 119 cm³/mol. The summed E-state index contributed by atoms with van der Waals surface area (Å²) in [5.41, 5.74) is 5.75.